The lowest BCUT2D eigenvalue weighted by Crippen LogP contribution is -2.38. The smallest absolute Gasteiger partial charge is 0.253 e. The van der Waals surface area contributed by atoms with Crippen molar-refractivity contribution >= 4 is 17.6 Å². The fourth-order valence-electron chi connectivity index (χ4n) is 2.83. The Balaban J connectivity index is 1.55. The summed E-state index contributed by atoms with van der Waals surface area (Å²) in [6, 6.07) is 7.84. The molecule has 1 aromatic carbocycles. The topological polar surface area (TPSA) is 74.8 Å². The third kappa shape index (κ3) is 5.74. The highest BCUT2D eigenvalue weighted by Gasteiger charge is 2.23. The van der Waals surface area contributed by atoms with Gasteiger partial charge in [-0.05, 0) is 56.2 Å². The number of ether oxygens (including phenoxy) is 1. The van der Waals surface area contributed by atoms with Gasteiger partial charge in [-0.2, -0.15) is 0 Å². The minimum atomic E-state index is -0.311. The highest BCUT2D eigenvalue weighted by molar-refractivity contribution is 5.94. The molecule has 1 unspecified atom stereocenters. The van der Waals surface area contributed by atoms with Gasteiger partial charge < -0.3 is 20.7 Å². The summed E-state index contributed by atoms with van der Waals surface area (Å²) in [5, 5.41) is 9.60. The van der Waals surface area contributed by atoms with E-state index in [9.17, 15) is 4.79 Å². The molecule has 1 saturated heterocycles. The third-order valence-corrected chi connectivity index (χ3v) is 4.44. The van der Waals surface area contributed by atoms with Gasteiger partial charge in [-0.3, -0.25) is 4.79 Å². The van der Waals surface area contributed by atoms with Crippen LogP contribution in [0.3, 0.4) is 0 Å². The van der Waals surface area contributed by atoms with Gasteiger partial charge in [0, 0.05) is 25.4 Å². The van der Waals surface area contributed by atoms with Gasteiger partial charge in [0.15, 0.2) is 5.96 Å². The second-order valence-corrected chi connectivity index (χ2v) is 6.71. The number of aliphatic imine (C=N–C) groups is 1. The number of carbonyl (C=O) groups excluding carboxylic acids is 1. The van der Waals surface area contributed by atoms with Gasteiger partial charge >= 0.3 is 0 Å². The zero-order valence-electron chi connectivity index (χ0n) is 14.9. The van der Waals surface area contributed by atoms with Crippen LogP contribution >= 0.6 is 0 Å². The van der Waals surface area contributed by atoms with Crippen LogP contribution in [0.15, 0.2) is 29.3 Å². The zero-order valence-corrected chi connectivity index (χ0v) is 14.9. The van der Waals surface area contributed by atoms with E-state index in [1.807, 2.05) is 24.3 Å². The summed E-state index contributed by atoms with van der Waals surface area (Å²) >= 11 is 0. The summed E-state index contributed by atoms with van der Waals surface area (Å²) in [6.45, 7) is 5.14. The Bertz CT molecular complexity index is 607. The predicted molar refractivity (Wildman–Crippen MR) is 99.6 cm³/mol. The Kier molecular flexibility index (Phi) is 6.28. The van der Waals surface area contributed by atoms with Crippen LogP contribution in [0.25, 0.3) is 0 Å². The molecule has 25 heavy (non-hydrogen) atoms. The summed E-state index contributed by atoms with van der Waals surface area (Å²) in [5.41, 5.74) is 1.86. The number of nitrogens with zero attached hydrogens (tertiary/aromatic N) is 1. The van der Waals surface area contributed by atoms with Crippen LogP contribution < -0.4 is 16.0 Å². The van der Waals surface area contributed by atoms with Crippen LogP contribution in [-0.2, 0) is 16.1 Å². The molecule has 6 heteroatoms. The van der Waals surface area contributed by atoms with Gasteiger partial charge in [-0.25, -0.2) is 4.99 Å². The Morgan fingerprint density at radius 1 is 1.28 bits per heavy atom. The van der Waals surface area contributed by atoms with Crippen molar-refractivity contribution in [3.8, 4) is 0 Å². The highest BCUT2D eigenvalue weighted by atomic mass is 16.5. The maximum atomic E-state index is 12.1. The second-order valence-electron chi connectivity index (χ2n) is 6.71. The van der Waals surface area contributed by atoms with Crippen molar-refractivity contribution in [1.29, 1.82) is 0 Å². The van der Waals surface area contributed by atoms with Crippen LogP contribution in [0.2, 0.25) is 0 Å². The fraction of sp³-hybridized carbons (Fsp3) is 0.579. The monoisotopic (exact) mass is 344 g/mol. The lowest BCUT2D eigenvalue weighted by molar-refractivity contribution is -0.124. The summed E-state index contributed by atoms with van der Waals surface area (Å²) in [4.78, 5) is 16.8. The summed E-state index contributed by atoms with van der Waals surface area (Å²) in [6.07, 6.45) is 4.08. The maximum absolute atomic E-state index is 12.1. The van der Waals surface area contributed by atoms with E-state index in [0.717, 1.165) is 49.1 Å². The normalized spacial score (nSPS) is 20.4. The van der Waals surface area contributed by atoms with Gasteiger partial charge in [0.05, 0.1) is 6.54 Å². The molecule has 1 atom stereocenters. The number of guanidine groups is 1. The van der Waals surface area contributed by atoms with Crippen molar-refractivity contribution in [1.82, 2.24) is 10.6 Å². The van der Waals surface area contributed by atoms with Crippen LogP contribution in [0.1, 0.15) is 38.2 Å². The van der Waals surface area contributed by atoms with Crippen molar-refractivity contribution < 1.29 is 9.53 Å². The molecule has 2 fully saturated rings. The lowest BCUT2D eigenvalue weighted by atomic mass is 10.2. The van der Waals surface area contributed by atoms with Gasteiger partial charge in [-0.1, -0.05) is 12.1 Å². The van der Waals surface area contributed by atoms with E-state index in [-0.39, 0.29) is 12.0 Å². The summed E-state index contributed by atoms with van der Waals surface area (Å²) in [5.74, 6) is 1.60. The largest absolute Gasteiger partial charge is 0.368 e. The predicted octanol–water partition coefficient (Wildman–Crippen LogP) is 2.27. The van der Waals surface area contributed by atoms with Crippen molar-refractivity contribution in [2.75, 3.05) is 25.0 Å². The number of rotatable bonds is 7. The molecule has 1 heterocycles. The van der Waals surface area contributed by atoms with Gasteiger partial charge in [-0.15, -0.1) is 0 Å². The van der Waals surface area contributed by atoms with E-state index in [0.29, 0.717) is 13.2 Å². The average molecular weight is 344 g/mol. The van der Waals surface area contributed by atoms with Crippen LogP contribution in [0.5, 0.6) is 0 Å². The lowest BCUT2D eigenvalue weighted by Gasteiger charge is -2.12. The molecule has 0 spiro atoms. The Morgan fingerprint density at radius 3 is 2.88 bits per heavy atom. The SMILES string of the molecule is CCNC(=NCc1cccc(NC(=O)C2CCCO2)c1)NCC1CC1. The first kappa shape index (κ1) is 17.7. The number of hydrogen-bond donors (Lipinski definition) is 3. The molecule has 2 aliphatic rings. The molecule has 1 aromatic rings. The van der Waals surface area contributed by atoms with Crippen molar-refractivity contribution in [3.63, 3.8) is 0 Å². The standard InChI is InChI=1S/C19H28N4O2/c1-2-20-19(21-12-14-8-9-14)22-13-15-5-3-6-16(11-15)23-18(24)17-7-4-10-25-17/h3,5-6,11,14,17H,2,4,7-10,12-13H2,1H3,(H,23,24)(H2,20,21,22). The highest BCUT2D eigenvalue weighted by Crippen LogP contribution is 2.27. The minimum Gasteiger partial charge on any atom is -0.368 e. The molecule has 1 aliphatic carbocycles. The van der Waals surface area contributed by atoms with E-state index in [4.69, 9.17) is 4.74 Å². The number of carbonyl (C=O) groups is 1. The van der Waals surface area contributed by atoms with Crippen molar-refractivity contribution in [2.24, 2.45) is 10.9 Å². The first-order valence-electron chi connectivity index (χ1n) is 9.28. The first-order valence-corrected chi connectivity index (χ1v) is 9.28. The van der Waals surface area contributed by atoms with E-state index < -0.39 is 0 Å². The van der Waals surface area contributed by atoms with Gasteiger partial charge in [0.2, 0.25) is 0 Å². The van der Waals surface area contributed by atoms with Gasteiger partial charge in [0.25, 0.3) is 5.91 Å². The van der Waals surface area contributed by atoms with Crippen LogP contribution in [-0.4, -0.2) is 37.7 Å². The second kappa shape index (κ2) is 8.85. The molecular formula is C19H28N4O2. The quantitative estimate of drug-likeness (QED) is 0.524. The average Bonchev–Trinajstić information content (AvgIpc) is 3.28. The fourth-order valence-corrected chi connectivity index (χ4v) is 2.83. The number of anilines is 1. The van der Waals surface area contributed by atoms with E-state index >= 15 is 0 Å². The van der Waals surface area contributed by atoms with Crippen molar-refractivity contribution in [2.45, 2.75) is 45.3 Å². The Labute approximate surface area is 149 Å². The molecular weight excluding hydrogens is 316 g/mol. The molecule has 1 aliphatic heterocycles. The third-order valence-electron chi connectivity index (χ3n) is 4.44. The van der Waals surface area contributed by atoms with E-state index in [1.165, 1.54) is 12.8 Å². The van der Waals surface area contributed by atoms with E-state index in [2.05, 4.69) is 27.9 Å². The number of benzene rings is 1. The molecule has 3 rings (SSSR count). The molecule has 0 bridgehead atoms. The summed E-state index contributed by atoms with van der Waals surface area (Å²) in [7, 11) is 0. The Hall–Kier alpha value is -2.08. The molecule has 1 saturated carbocycles. The Morgan fingerprint density at radius 2 is 2.16 bits per heavy atom. The zero-order chi connectivity index (χ0) is 17.5. The molecule has 6 nitrogen and oxygen atoms in total. The van der Waals surface area contributed by atoms with Crippen LogP contribution in [0, 0.1) is 5.92 Å². The maximum Gasteiger partial charge on any atom is 0.253 e. The van der Waals surface area contributed by atoms with Crippen molar-refractivity contribution in [3.05, 3.63) is 29.8 Å². The summed E-state index contributed by atoms with van der Waals surface area (Å²) < 4.78 is 5.42. The molecule has 3 N–H and O–H groups in total. The van der Waals surface area contributed by atoms with Gasteiger partial charge in [0.1, 0.15) is 6.10 Å². The number of hydrogen-bond acceptors (Lipinski definition) is 3. The molecule has 0 radical (unpaired) electrons. The number of nitrogens with one attached hydrogen (secondary N) is 3. The minimum absolute atomic E-state index is 0.0578. The first-order chi connectivity index (χ1) is 12.2. The number of amides is 1. The van der Waals surface area contributed by atoms with E-state index in [1.54, 1.807) is 0 Å². The molecule has 0 aromatic heterocycles. The molecule has 1 amide bonds. The molecule has 136 valence electrons. The van der Waals surface area contributed by atoms with Crippen LogP contribution in [0.4, 0.5) is 5.69 Å².